The third-order valence-corrected chi connectivity index (χ3v) is 1.23. The smallest absolute Gasteiger partial charge is 0.467 e. The van der Waals surface area contributed by atoms with Crippen LogP contribution in [0.1, 0.15) is 0 Å². The molecule has 12 heavy (non-hydrogen) atoms. The average molecular weight is 175 g/mol. The molecule has 0 atom stereocenters. The lowest BCUT2D eigenvalue weighted by Crippen LogP contribution is -2.61. The summed E-state index contributed by atoms with van der Waals surface area (Å²) in [6.45, 7) is 0. The van der Waals surface area contributed by atoms with Crippen LogP contribution in [0.3, 0.4) is 0 Å². The number of aromatic hydroxyl groups is 3. The molecule has 0 radical (unpaired) electrons. The van der Waals surface area contributed by atoms with Gasteiger partial charge in [-0.05, 0) is 0 Å². The number of aromatic nitrogens is 2. The zero-order valence-corrected chi connectivity index (χ0v) is 5.63. The van der Waals surface area contributed by atoms with Crippen LogP contribution >= 0.6 is 0 Å². The summed E-state index contributed by atoms with van der Waals surface area (Å²) in [6.07, 6.45) is 0. The number of nitrogens with two attached hydrogens (primary N) is 1. The van der Waals surface area contributed by atoms with Crippen molar-refractivity contribution in [1.29, 1.82) is 0 Å². The first-order valence-corrected chi connectivity index (χ1v) is 2.72. The molecule has 1 rings (SSSR count). The third kappa shape index (κ3) is 0.779. The molecule has 0 aliphatic heterocycles. The summed E-state index contributed by atoms with van der Waals surface area (Å²) in [5, 5.41) is 47.3. The molecule has 0 bridgehead atoms. The fraction of sp³-hybridized carbons (Fsp3) is 0. The van der Waals surface area contributed by atoms with Gasteiger partial charge >= 0.3 is 11.7 Å². The highest BCUT2D eigenvalue weighted by Gasteiger charge is 2.27. The molecule has 1 aromatic heterocycles. The van der Waals surface area contributed by atoms with E-state index >= 15 is 0 Å². The molecule has 0 aliphatic carbocycles. The van der Waals surface area contributed by atoms with E-state index in [9.17, 15) is 10.4 Å². The molecule has 5 N–H and O–H groups in total. The van der Waals surface area contributed by atoms with Gasteiger partial charge in [0, 0.05) is 9.69 Å². The Bertz CT molecular complexity index is 233. The highest BCUT2D eigenvalue weighted by atomic mass is 16.6. The lowest BCUT2D eigenvalue weighted by Gasteiger charge is -2.06. The second-order valence-corrected chi connectivity index (χ2v) is 1.95. The second-order valence-electron chi connectivity index (χ2n) is 1.95. The van der Waals surface area contributed by atoms with Crippen molar-refractivity contribution < 1.29 is 25.0 Å². The van der Waals surface area contributed by atoms with Gasteiger partial charge in [0.2, 0.25) is 0 Å². The summed E-state index contributed by atoms with van der Waals surface area (Å²) in [5.74, 6) is -4.36. The first-order chi connectivity index (χ1) is 5.46. The Kier molecular flexibility index (Phi) is 1.45. The van der Waals surface area contributed by atoms with Gasteiger partial charge in [-0.1, -0.05) is 0 Å². The fourth-order valence-corrected chi connectivity index (χ4v) is 0.592. The number of nitrogen functional groups attached to an aromatic ring is 1. The van der Waals surface area contributed by atoms with E-state index in [1.807, 2.05) is 0 Å². The number of hydrogen-bond donors (Lipinski definition) is 4. The van der Waals surface area contributed by atoms with E-state index in [4.69, 9.17) is 21.1 Å². The first-order valence-electron chi connectivity index (χ1n) is 2.72. The van der Waals surface area contributed by atoms with Gasteiger partial charge in [0.05, 0.1) is 0 Å². The SMILES string of the molecule is Nc1c(O)c(O)c(O)[n+]([O-])[n+]1[O-]. The van der Waals surface area contributed by atoms with E-state index in [1.54, 1.807) is 0 Å². The van der Waals surface area contributed by atoms with Gasteiger partial charge in [-0.2, -0.15) is 0 Å². The number of hydrogen-bond acceptors (Lipinski definition) is 6. The predicted octanol–water partition coefficient (Wildman–Crippen LogP) is -2.35. The zero-order valence-electron chi connectivity index (χ0n) is 5.63. The van der Waals surface area contributed by atoms with Crippen LogP contribution < -0.4 is 15.4 Å². The number of anilines is 1. The van der Waals surface area contributed by atoms with Gasteiger partial charge in [0.15, 0.2) is 0 Å². The van der Waals surface area contributed by atoms with E-state index in [-0.39, 0.29) is 0 Å². The van der Waals surface area contributed by atoms with Gasteiger partial charge in [0.1, 0.15) is 0 Å². The fourth-order valence-electron chi connectivity index (χ4n) is 0.592. The number of nitrogens with zero attached hydrogens (tertiary/aromatic N) is 2. The summed E-state index contributed by atoms with van der Waals surface area (Å²) in [7, 11) is 0. The predicted molar refractivity (Wildman–Crippen MR) is 33.8 cm³/mol. The molecule has 0 aromatic carbocycles. The van der Waals surface area contributed by atoms with Crippen LogP contribution in [0.5, 0.6) is 17.4 Å². The van der Waals surface area contributed by atoms with E-state index in [2.05, 4.69) is 0 Å². The topological polar surface area (TPSA) is 141 Å². The minimum Gasteiger partial charge on any atom is -0.657 e. The Morgan fingerprint density at radius 2 is 1.50 bits per heavy atom. The van der Waals surface area contributed by atoms with Crippen LogP contribution in [0.2, 0.25) is 0 Å². The van der Waals surface area contributed by atoms with Crippen molar-refractivity contribution in [1.82, 2.24) is 0 Å². The third-order valence-electron chi connectivity index (χ3n) is 1.23. The molecule has 66 valence electrons. The summed E-state index contributed by atoms with van der Waals surface area (Å²) in [5.41, 5.74) is 4.86. The van der Waals surface area contributed by atoms with Gasteiger partial charge in [0.25, 0.3) is 11.5 Å². The molecule has 0 saturated heterocycles. The highest BCUT2D eigenvalue weighted by molar-refractivity contribution is 5.52. The molecule has 0 amide bonds. The van der Waals surface area contributed by atoms with Crippen LogP contribution in [-0.2, 0) is 0 Å². The molecule has 0 aliphatic rings. The summed E-state index contributed by atoms with van der Waals surface area (Å²) >= 11 is 0. The van der Waals surface area contributed by atoms with Crippen molar-refractivity contribution >= 4 is 5.82 Å². The standard InChI is InChI=1S/C4H5N3O5/c5-3-1(8)2(9)4(10)7(12)6(3)11/h8-10H,5H2. The number of rotatable bonds is 0. The molecule has 0 unspecified atom stereocenters. The van der Waals surface area contributed by atoms with Crippen molar-refractivity contribution in [3.8, 4) is 17.4 Å². The molecule has 1 heterocycles. The Balaban J connectivity index is 3.60. The van der Waals surface area contributed by atoms with E-state index < -0.39 is 32.9 Å². The normalized spacial score (nSPS) is 10.0. The molecular weight excluding hydrogens is 170 g/mol. The van der Waals surface area contributed by atoms with Crippen molar-refractivity contribution in [2.24, 2.45) is 0 Å². The molecule has 0 spiro atoms. The van der Waals surface area contributed by atoms with Crippen LogP contribution in [0.25, 0.3) is 0 Å². The first kappa shape index (κ1) is 7.98. The molecular formula is C4H5N3O5. The van der Waals surface area contributed by atoms with E-state index in [0.717, 1.165) is 0 Å². The minimum atomic E-state index is -1.31. The Hall–Kier alpha value is -2.12. The van der Waals surface area contributed by atoms with Crippen LogP contribution in [0, 0.1) is 10.4 Å². The molecule has 1 aromatic rings. The van der Waals surface area contributed by atoms with Crippen molar-refractivity contribution in [2.75, 3.05) is 5.73 Å². The van der Waals surface area contributed by atoms with Crippen molar-refractivity contribution in [3.05, 3.63) is 10.4 Å². The maximum Gasteiger partial charge on any atom is 0.467 e. The lowest BCUT2D eigenvalue weighted by atomic mass is 10.4. The Labute approximate surface area is 65.5 Å². The molecule has 8 nitrogen and oxygen atoms in total. The Morgan fingerprint density at radius 3 is 2.00 bits per heavy atom. The molecule has 8 heteroatoms. The van der Waals surface area contributed by atoms with Crippen LogP contribution in [0.4, 0.5) is 5.82 Å². The van der Waals surface area contributed by atoms with Gasteiger partial charge < -0.3 is 25.7 Å². The lowest BCUT2D eigenvalue weighted by molar-refractivity contribution is -1.18. The highest BCUT2D eigenvalue weighted by Crippen LogP contribution is 2.32. The van der Waals surface area contributed by atoms with Crippen LogP contribution in [-0.4, -0.2) is 15.3 Å². The van der Waals surface area contributed by atoms with Crippen molar-refractivity contribution in [3.63, 3.8) is 0 Å². The largest absolute Gasteiger partial charge is 0.657 e. The summed E-state index contributed by atoms with van der Waals surface area (Å²) in [4.78, 5) is -1.12. The van der Waals surface area contributed by atoms with Crippen LogP contribution in [0.15, 0.2) is 0 Å². The van der Waals surface area contributed by atoms with E-state index in [0.29, 0.717) is 0 Å². The van der Waals surface area contributed by atoms with E-state index in [1.165, 1.54) is 0 Å². The summed E-state index contributed by atoms with van der Waals surface area (Å²) < 4.78 is 0. The average Bonchev–Trinajstić information content (AvgIpc) is 2.08. The second kappa shape index (κ2) is 2.19. The minimum absolute atomic E-state index is 0.510. The quantitative estimate of drug-likeness (QED) is 0.257. The zero-order chi connectivity index (χ0) is 9.46. The maximum atomic E-state index is 10.6. The van der Waals surface area contributed by atoms with Crippen molar-refractivity contribution in [2.45, 2.75) is 0 Å². The van der Waals surface area contributed by atoms with Gasteiger partial charge in [-0.15, -0.1) is 0 Å². The van der Waals surface area contributed by atoms with Gasteiger partial charge in [-0.3, -0.25) is 5.73 Å². The molecule has 0 fully saturated rings. The maximum absolute atomic E-state index is 10.6. The monoisotopic (exact) mass is 175 g/mol. The molecule has 0 saturated carbocycles. The van der Waals surface area contributed by atoms with Gasteiger partial charge in [-0.25, -0.2) is 0 Å². The summed E-state index contributed by atoms with van der Waals surface area (Å²) in [6, 6.07) is 0. The Morgan fingerprint density at radius 1 is 1.00 bits per heavy atom.